The molecule has 1 aliphatic carbocycles. The minimum atomic E-state index is -5.37. The van der Waals surface area contributed by atoms with Gasteiger partial charge < -0.3 is 16.0 Å². The molecule has 1 aliphatic rings. The lowest BCUT2D eigenvalue weighted by molar-refractivity contribution is -0.202. The molecule has 1 aromatic carbocycles. The second-order valence-electron chi connectivity index (χ2n) is 7.60. The number of nitrogens with two attached hydrogens (primary N) is 1. The first kappa shape index (κ1) is 23.2. The Hall–Kier alpha value is -3.51. The van der Waals surface area contributed by atoms with Crippen LogP contribution in [0.25, 0.3) is 10.9 Å². The van der Waals surface area contributed by atoms with Gasteiger partial charge in [0, 0.05) is 23.7 Å². The van der Waals surface area contributed by atoms with Crippen LogP contribution in [-0.2, 0) is 14.3 Å². The first-order valence-corrected chi connectivity index (χ1v) is 9.41. The van der Waals surface area contributed by atoms with E-state index in [1.807, 2.05) is 0 Å². The van der Waals surface area contributed by atoms with Crippen LogP contribution in [-0.4, -0.2) is 33.1 Å². The Balaban J connectivity index is 2.01. The monoisotopic (exact) mass is 458 g/mol. The standard InChI is InChI=1S/C19H18F4N4O5/c1-7(16(29)32-17(30)19(21,22)23)5-12(24)13-8(2)14-10(6-11(13)20)15(28)27(25)18(31)26(14)9-3-4-9/h6-7,9,24H,3-5,25H2,1-2H3. The van der Waals surface area contributed by atoms with Gasteiger partial charge in [-0.15, -0.1) is 0 Å². The summed E-state index contributed by atoms with van der Waals surface area (Å²) < 4.78 is 57.1. The zero-order valence-electron chi connectivity index (χ0n) is 16.9. The van der Waals surface area contributed by atoms with Crippen molar-refractivity contribution >= 4 is 28.6 Å². The molecule has 3 rings (SSSR count). The van der Waals surface area contributed by atoms with Crippen LogP contribution in [0.15, 0.2) is 15.7 Å². The Morgan fingerprint density at radius 1 is 1.31 bits per heavy atom. The molecule has 0 spiro atoms. The summed E-state index contributed by atoms with van der Waals surface area (Å²) in [6.45, 7) is 2.49. The molecule has 0 radical (unpaired) electrons. The number of alkyl halides is 3. The number of nitrogens with one attached hydrogen (secondary N) is 1. The molecular formula is C19H18F4N4O5. The van der Waals surface area contributed by atoms with Gasteiger partial charge >= 0.3 is 23.8 Å². The van der Waals surface area contributed by atoms with Crippen molar-refractivity contribution in [2.45, 2.75) is 45.3 Å². The van der Waals surface area contributed by atoms with Crippen LogP contribution in [0.4, 0.5) is 17.6 Å². The third-order valence-corrected chi connectivity index (χ3v) is 5.15. The molecule has 0 aliphatic heterocycles. The van der Waals surface area contributed by atoms with E-state index in [1.165, 1.54) is 11.5 Å². The lowest BCUT2D eigenvalue weighted by Crippen LogP contribution is -2.44. The van der Waals surface area contributed by atoms with Crippen molar-refractivity contribution in [1.82, 2.24) is 9.24 Å². The van der Waals surface area contributed by atoms with Crippen molar-refractivity contribution in [3.8, 4) is 0 Å². The fourth-order valence-corrected chi connectivity index (χ4v) is 3.45. The maximum absolute atomic E-state index is 14.9. The van der Waals surface area contributed by atoms with Gasteiger partial charge in [0.2, 0.25) is 0 Å². The number of ether oxygens (including phenoxy) is 1. The van der Waals surface area contributed by atoms with E-state index in [0.717, 1.165) is 13.0 Å². The highest BCUT2D eigenvalue weighted by Crippen LogP contribution is 2.37. The van der Waals surface area contributed by atoms with Gasteiger partial charge in [0.1, 0.15) is 5.82 Å². The topological polar surface area (TPSA) is 137 Å². The maximum atomic E-state index is 14.9. The summed E-state index contributed by atoms with van der Waals surface area (Å²) in [7, 11) is 0. The highest BCUT2D eigenvalue weighted by Gasteiger charge is 2.43. The average molecular weight is 458 g/mol. The van der Waals surface area contributed by atoms with E-state index in [2.05, 4.69) is 4.74 Å². The smallest absolute Gasteiger partial charge is 0.386 e. The number of halogens is 4. The third-order valence-electron chi connectivity index (χ3n) is 5.15. The van der Waals surface area contributed by atoms with Crippen LogP contribution in [0.3, 0.4) is 0 Å². The number of carbonyl (C=O) groups is 2. The van der Waals surface area contributed by atoms with Gasteiger partial charge in [0.15, 0.2) is 0 Å². The van der Waals surface area contributed by atoms with Gasteiger partial charge in [-0.3, -0.25) is 14.2 Å². The second kappa shape index (κ2) is 7.88. The number of hydrogen-bond acceptors (Lipinski definition) is 7. The van der Waals surface area contributed by atoms with Crippen LogP contribution < -0.4 is 17.1 Å². The maximum Gasteiger partial charge on any atom is 0.491 e. The normalized spacial score (nSPS) is 14.9. The molecule has 1 atom stereocenters. The third kappa shape index (κ3) is 4.01. The number of nitrogen functional groups attached to an aromatic ring is 1. The van der Waals surface area contributed by atoms with Gasteiger partial charge in [-0.2, -0.15) is 17.8 Å². The van der Waals surface area contributed by atoms with E-state index in [1.54, 1.807) is 0 Å². The SMILES string of the molecule is Cc1c(C(=N)CC(C)C(=O)OC(=O)C(F)(F)F)c(F)cc2c(=O)n(N)c(=O)n(C3CC3)c12. The van der Waals surface area contributed by atoms with Crippen molar-refractivity contribution in [2.24, 2.45) is 5.92 Å². The number of esters is 2. The van der Waals surface area contributed by atoms with Crippen molar-refractivity contribution in [3.05, 3.63) is 43.8 Å². The Kier molecular flexibility index (Phi) is 5.70. The molecule has 13 heteroatoms. The summed E-state index contributed by atoms with van der Waals surface area (Å²) in [6, 6.07) is 0.570. The predicted molar refractivity (Wildman–Crippen MR) is 103 cm³/mol. The van der Waals surface area contributed by atoms with E-state index >= 15 is 0 Å². The summed E-state index contributed by atoms with van der Waals surface area (Å²) in [5.74, 6) is -1.09. The van der Waals surface area contributed by atoms with Gasteiger partial charge in [-0.1, -0.05) is 6.92 Å². The lowest BCUT2D eigenvalue weighted by atomic mass is 9.94. The fraction of sp³-hybridized carbons (Fsp3) is 0.421. The van der Waals surface area contributed by atoms with Gasteiger partial charge in [-0.05, 0) is 31.4 Å². The summed E-state index contributed by atoms with van der Waals surface area (Å²) in [4.78, 5) is 47.5. The lowest BCUT2D eigenvalue weighted by Gasteiger charge is -2.18. The molecule has 1 fully saturated rings. The molecule has 1 aromatic heterocycles. The van der Waals surface area contributed by atoms with Crippen LogP contribution in [0.2, 0.25) is 0 Å². The molecular weight excluding hydrogens is 440 g/mol. The Bertz CT molecular complexity index is 1270. The van der Waals surface area contributed by atoms with Crippen LogP contribution in [0, 0.1) is 24.1 Å². The van der Waals surface area contributed by atoms with Crippen molar-refractivity contribution < 1.29 is 31.9 Å². The number of nitrogens with zero attached hydrogens (tertiary/aromatic N) is 2. The Labute approximate surface area is 176 Å². The number of aromatic nitrogens is 2. The Morgan fingerprint density at radius 2 is 1.91 bits per heavy atom. The number of rotatable bonds is 5. The molecule has 1 unspecified atom stereocenters. The zero-order valence-corrected chi connectivity index (χ0v) is 16.9. The molecule has 3 N–H and O–H groups in total. The minimum Gasteiger partial charge on any atom is -0.386 e. The molecule has 172 valence electrons. The number of hydrogen-bond donors (Lipinski definition) is 2. The highest BCUT2D eigenvalue weighted by atomic mass is 19.4. The molecule has 0 bridgehead atoms. The number of carbonyl (C=O) groups excluding carboxylic acids is 2. The number of benzene rings is 1. The molecule has 1 heterocycles. The van der Waals surface area contributed by atoms with Crippen LogP contribution >= 0.6 is 0 Å². The minimum absolute atomic E-state index is 0.0682. The zero-order chi connectivity index (χ0) is 24.1. The van der Waals surface area contributed by atoms with E-state index in [9.17, 15) is 36.7 Å². The molecule has 0 saturated heterocycles. The first-order chi connectivity index (χ1) is 14.8. The molecule has 1 saturated carbocycles. The molecule has 9 nitrogen and oxygen atoms in total. The number of aryl methyl sites for hydroxylation is 1. The number of fused-ring (bicyclic) bond motifs is 1. The van der Waals surface area contributed by atoms with Crippen LogP contribution in [0.5, 0.6) is 0 Å². The van der Waals surface area contributed by atoms with E-state index in [4.69, 9.17) is 11.3 Å². The van der Waals surface area contributed by atoms with E-state index in [-0.39, 0.29) is 28.1 Å². The average Bonchev–Trinajstić information content (AvgIpc) is 3.51. The Morgan fingerprint density at radius 3 is 2.44 bits per heavy atom. The van der Waals surface area contributed by atoms with Crippen LogP contribution in [0.1, 0.15) is 43.4 Å². The van der Waals surface area contributed by atoms with Gasteiger partial charge in [0.25, 0.3) is 5.56 Å². The fourth-order valence-electron chi connectivity index (χ4n) is 3.45. The van der Waals surface area contributed by atoms with Crippen molar-refractivity contribution in [1.29, 1.82) is 5.41 Å². The van der Waals surface area contributed by atoms with Crippen molar-refractivity contribution in [2.75, 3.05) is 5.84 Å². The molecule has 0 amide bonds. The second-order valence-corrected chi connectivity index (χ2v) is 7.60. The van der Waals surface area contributed by atoms with E-state index in [0.29, 0.717) is 17.5 Å². The predicted octanol–water partition coefficient (Wildman–Crippen LogP) is 1.69. The summed E-state index contributed by atoms with van der Waals surface area (Å²) >= 11 is 0. The van der Waals surface area contributed by atoms with Gasteiger partial charge in [0.05, 0.1) is 16.8 Å². The molecule has 32 heavy (non-hydrogen) atoms. The largest absolute Gasteiger partial charge is 0.491 e. The summed E-state index contributed by atoms with van der Waals surface area (Å²) in [6.07, 6.45) is -4.67. The van der Waals surface area contributed by atoms with E-state index < -0.39 is 53.2 Å². The summed E-state index contributed by atoms with van der Waals surface area (Å²) in [5.41, 5.74) is -2.38. The summed E-state index contributed by atoms with van der Waals surface area (Å²) in [5, 5.41) is 8.04. The van der Waals surface area contributed by atoms with Gasteiger partial charge in [-0.25, -0.2) is 14.0 Å². The highest BCUT2D eigenvalue weighted by molar-refractivity contribution is 6.05. The molecule has 2 aromatic rings. The van der Waals surface area contributed by atoms with Crippen molar-refractivity contribution in [3.63, 3.8) is 0 Å². The first-order valence-electron chi connectivity index (χ1n) is 9.41. The quantitative estimate of drug-likeness (QED) is 0.230.